The second-order valence-electron chi connectivity index (χ2n) is 7.48. The third kappa shape index (κ3) is 4.94. The van der Waals surface area contributed by atoms with E-state index in [1.807, 2.05) is 35.2 Å². The normalized spacial score (nSPS) is 12.5. The quantitative estimate of drug-likeness (QED) is 0.401. The number of hydrogen-bond acceptors (Lipinski definition) is 6. The summed E-state index contributed by atoms with van der Waals surface area (Å²) in [5.74, 6) is 0.108. The molecule has 166 valence electrons. The Hall–Kier alpha value is -2.91. The topological polar surface area (TPSA) is 78.5 Å². The number of halogens is 1. The van der Waals surface area contributed by atoms with Crippen LogP contribution in [0.5, 0.6) is 0 Å². The number of benzene rings is 2. The van der Waals surface area contributed by atoms with E-state index in [0.717, 1.165) is 5.56 Å². The van der Waals surface area contributed by atoms with Gasteiger partial charge in [-0.25, -0.2) is 9.37 Å². The maximum atomic E-state index is 14.3. The molecule has 0 aliphatic carbocycles. The molecule has 0 radical (unpaired) electrons. The Kier molecular flexibility index (Phi) is 7.06. The number of aliphatic hydroxyl groups excluding tert-OH is 1. The molecule has 0 aliphatic rings. The number of methoxy groups -OCH3 is 1. The molecule has 0 unspecified atom stereocenters. The number of H-pyrrole nitrogens is 1. The maximum absolute atomic E-state index is 14.3. The fourth-order valence-corrected chi connectivity index (χ4v) is 4.60. The van der Waals surface area contributed by atoms with E-state index in [2.05, 4.69) is 9.97 Å². The summed E-state index contributed by atoms with van der Waals surface area (Å²) in [6.45, 7) is 1.74. The van der Waals surface area contributed by atoms with Crippen LogP contribution in [-0.2, 0) is 11.3 Å². The lowest BCUT2D eigenvalue weighted by Gasteiger charge is -2.24. The van der Waals surface area contributed by atoms with Crippen LogP contribution in [-0.4, -0.2) is 46.8 Å². The molecular formula is C24H24FN3O3S. The monoisotopic (exact) mass is 453 g/mol. The van der Waals surface area contributed by atoms with Gasteiger partial charge in [0, 0.05) is 36.7 Å². The number of aromatic nitrogens is 2. The summed E-state index contributed by atoms with van der Waals surface area (Å²) in [5, 5.41) is 12.8. The number of aromatic amines is 1. The largest absolute Gasteiger partial charge is 0.387 e. The Balaban J connectivity index is 1.60. The molecule has 0 spiro atoms. The SMILES string of the molecule is COCCN(Cc1nc2scc(-c3ccccc3F)c2c(=O)[nH]1)C[C@H](O)c1ccccc1. The van der Waals surface area contributed by atoms with Gasteiger partial charge < -0.3 is 14.8 Å². The van der Waals surface area contributed by atoms with Gasteiger partial charge in [-0.1, -0.05) is 48.5 Å². The minimum Gasteiger partial charge on any atom is -0.387 e. The highest BCUT2D eigenvalue weighted by Crippen LogP contribution is 2.32. The Bertz CT molecular complexity index is 1240. The van der Waals surface area contributed by atoms with Crippen molar-refractivity contribution in [3.8, 4) is 11.1 Å². The fourth-order valence-electron chi connectivity index (χ4n) is 3.64. The number of fused-ring (bicyclic) bond motifs is 1. The first-order valence-electron chi connectivity index (χ1n) is 10.3. The molecule has 2 aromatic heterocycles. The summed E-state index contributed by atoms with van der Waals surface area (Å²) in [4.78, 5) is 22.9. The van der Waals surface area contributed by atoms with Gasteiger partial charge in [0.05, 0.1) is 24.6 Å². The summed E-state index contributed by atoms with van der Waals surface area (Å²) in [6.07, 6.45) is -0.682. The third-order valence-electron chi connectivity index (χ3n) is 5.26. The molecule has 32 heavy (non-hydrogen) atoms. The van der Waals surface area contributed by atoms with Crippen molar-refractivity contribution >= 4 is 21.6 Å². The standard InChI is InChI=1S/C24H24FN3O3S/c1-31-12-11-28(13-20(29)16-7-3-2-4-8-16)14-21-26-23(30)22-18(15-32-24(22)27-21)17-9-5-6-10-19(17)25/h2-10,15,20,29H,11-14H2,1H3,(H,26,27,30)/t20-/m0/s1. The fraction of sp³-hybridized carbons (Fsp3) is 0.250. The Morgan fingerprint density at radius 3 is 2.66 bits per heavy atom. The van der Waals surface area contributed by atoms with Crippen molar-refractivity contribution in [2.45, 2.75) is 12.6 Å². The molecule has 0 fully saturated rings. The van der Waals surface area contributed by atoms with Crippen LogP contribution in [0, 0.1) is 5.82 Å². The number of rotatable bonds is 9. The zero-order valence-electron chi connectivity index (χ0n) is 17.6. The number of thiophene rings is 1. The Labute approximate surface area is 188 Å². The van der Waals surface area contributed by atoms with Crippen LogP contribution in [0.4, 0.5) is 4.39 Å². The van der Waals surface area contributed by atoms with Gasteiger partial charge in [0.1, 0.15) is 16.5 Å². The Morgan fingerprint density at radius 2 is 1.91 bits per heavy atom. The number of nitrogens with zero attached hydrogens (tertiary/aromatic N) is 2. The molecule has 2 aromatic carbocycles. The van der Waals surface area contributed by atoms with E-state index in [-0.39, 0.29) is 11.4 Å². The first-order chi connectivity index (χ1) is 15.6. The van der Waals surface area contributed by atoms with Crippen molar-refractivity contribution in [2.75, 3.05) is 26.8 Å². The third-order valence-corrected chi connectivity index (χ3v) is 6.13. The van der Waals surface area contributed by atoms with Crippen molar-refractivity contribution in [3.63, 3.8) is 0 Å². The van der Waals surface area contributed by atoms with E-state index in [4.69, 9.17) is 4.74 Å². The zero-order chi connectivity index (χ0) is 22.5. The molecule has 6 nitrogen and oxygen atoms in total. The van der Waals surface area contributed by atoms with Gasteiger partial charge in [0.25, 0.3) is 5.56 Å². The summed E-state index contributed by atoms with van der Waals surface area (Å²) >= 11 is 1.31. The highest BCUT2D eigenvalue weighted by molar-refractivity contribution is 7.17. The lowest BCUT2D eigenvalue weighted by atomic mass is 10.1. The van der Waals surface area contributed by atoms with E-state index < -0.39 is 6.10 Å². The molecule has 0 bridgehead atoms. The predicted octanol–water partition coefficient (Wildman–Crippen LogP) is 3.97. The van der Waals surface area contributed by atoms with Gasteiger partial charge in [-0.15, -0.1) is 11.3 Å². The average Bonchev–Trinajstić information content (AvgIpc) is 3.22. The average molecular weight is 454 g/mol. The summed E-state index contributed by atoms with van der Waals surface area (Å²) in [5.41, 5.74) is 1.44. The van der Waals surface area contributed by atoms with Gasteiger partial charge in [-0.05, 0) is 11.6 Å². The molecule has 0 saturated carbocycles. The van der Waals surface area contributed by atoms with Gasteiger partial charge in [-0.2, -0.15) is 0 Å². The van der Waals surface area contributed by atoms with Gasteiger partial charge in [0.15, 0.2) is 0 Å². The van der Waals surface area contributed by atoms with Crippen molar-refractivity contribution in [3.05, 3.63) is 87.5 Å². The van der Waals surface area contributed by atoms with Crippen molar-refractivity contribution in [1.29, 1.82) is 0 Å². The second kappa shape index (κ2) is 10.1. The van der Waals surface area contributed by atoms with E-state index in [9.17, 15) is 14.3 Å². The highest BCUT2D eigenvalue weighted by atomic mass is 32.1. The van der Waals surface area contributed by atoms with E-state index >= 15 is 0 Å². The first kappa shape index (κ1) is 22.3. The second-order valence-corrected chi connectivity index (χ2v) is 8.33. The van der Waals surface area contributed by atoms with Crippen LogP contribution in [0.15, 0.2) is 64.8 Å². The van der Waals surface area contributed by atoms with Crippen LogP contribution in [0.2, 0.25) is 0 Å². The van der Waals surface area contributed by atoms with E-state index in [1.165, 1.54) is 17.4 Å². The van der Waals surface area contributed by atoms with Gasteiger partial charge in [0.2, 0.25) is 0 Å². The molecule has 0 saturated heterocycles. The van der Waals surface area contributed by atoms with Crippen LogP contribution < -0.4 is 5.56 Å². The number of nitrogens with one attached hydrogen (secondary N) is 1. The summed E-state index contributed by atoms with van der Waals surface area (Å²) < 4.78 is 19.5. The lowest BCUT2D eigenvalue weighted by Crippen LogP contribution is -2.32. The Morgan fingerprint density at radius 1 is 1.16 bits per heavy atom. The molecule has 4 aromatic rings. The minimum atomic E-state index is -0.682. The van der Waals surface area contributed by atoms with Crippen LogP contribution >= 0.6 is 11.3 Å². The molecule has 4 rings (SSSR count). The number of aliphatic hydroxyl groups is 1. The molecule has 1 atom stereocenters. The number of hydrogen-bond donors (Lipinski definition) is 2. The zero-order valence-corrected chi connectivity index (χ0v) is 18.4. The smallest absolute Gasteiger partial charge is 0.260 e. The molecule has 0 amide bonds. The van der Waals surface area contributed by atoms with Crippen molar-refractivity contribution in [2.24, 2.45) is 0 Å². The molecule has 2 N–H and O–H groups in total. The van der Waals surface area contributed by atoms with Crippen LogP contribution in [0.3, 0.4) is 0 Å². The molecular weight excluding hydrogens is 429 g/mol. The van der Waals surface area contributed by atoms with E-state index in [0.29, 0.717) is 53.4 Å². The van der Waals surface area contributed by atoms with Crippen molar-refractivity contribution < 1.29 is 14.2 Å². The maximum Gasteiger partial charge on any atom is 0.260 e. The van der Waals surface area contributed by atoms with Gasteiger partial charge >= 0.3 is 0 Å². The molecule has 2 heterocycles. The highest BCUT2D eigenvalue weighted by Gasteiger charge is 2.18. The summed E-state index contributed by atoms with van der Waals surface area (Å²) in [7, 11) is 1.62. The number of ether oxygens (including phenoxy) is 1. The predicted molar refractivity (Wildman–Crippen MR) is 124 cm³/mol. The van der Waals surface area contributed by atoms with Crippen LogP contribution in [0.1, 0.15) is 17.5 Å². The molecule has 8 heteroatoms. The van der Waals surface area contributed by atoms with Gasteiger partial charge in [-0.3, -0.25) is 9.69 Å². The van der Waals surface area contributed by atoms with E-state index in [1.54, 1.807) is 30.7 Å². The lowest BCUT2D eigenvalue weighted by molar-refractivity contribution is 0.0835. The first-order valence-corrected chi connectivity index (χ1v) is 11.1. The van der Waals surface area contributed by atoms with Crippen molar-refractivity contribution in [1.82, 2.24) is 14.9 Å². The molecule has 0 aliphatic heterocycles. The summed E-state index contributed by atoms with van der Waals surface area (Å²) in [6, 6.07) is 15.8. The van der Waals surface area contributed by atoms with Crippen LogP contribution in [0.25, 0.3) is 21.3 Å². The minimum absolute atomic E-state index is 0.306.